The van der Waals surface area contributed by atoms with Crippen LogP contribution in [0.3, 0.4) is 0 Å². The molecule has 23 heavy (non-hydrogen) atoms. The van der Waals surface area contributed by atoms with Gasteiger partial charge in [-0.3, -0.25) is 0 Å². The highest BCUT2D eigenvalue weighted by Gasteiger charge is 2.41. The highest BCUT2D eigenvalue weighted by Crippen LogP contribution is 2.44. The fourth-order valence-corrected chi connectivity index (χ4v) is 3.19. The van der Waals surface area contributed by atoms with Crippen LogP contribution in [-0.4, -0.2) is 91.7 Å². The van der Waals surface area contributed by atoms with E-state index in [2.05, 4.69) is 0 Å². The summed E-state index contributed by atoms with van der Waals surface area (Å²) in [5, 5.41) is 75.6. The third kappa shape index (κ3) is 7.86. The monoisotopic (exact) mass is 340 g/mol. The predicted molar refractivity (Wildman–Crippen MR) is 82.4 cm³/mol. The first kappa shape index (κ1) is 22.7. The summed E-state index contributed by atoms with van der Waals surface area (Å²) < 4.78 is 0. The average molecular weight is 340 g/mol. The topological polar surface area (TPSA) is 162 Å². The van der Waals surface area contributed by atoms with Crippen molar-refractivity contribution < 1.29 is 40.9 Å². The number of hydrogen-bond donors (Lipinski definition) is 8. The van der Waals surface area contributed by atoms with Gasteiger partial charge in [0.2, 0.25) is 0 Å². The molecule has 0 rings (SSSR count). The molecule has 0 radical (unpaired) electrons. The molecule has 0 heterocycles. The van der Waals surface area contributed by atoms with Crippen LogP contribution in [0.1, 0.15) is 32.6 Å². The molecule has 0 fully saturated rings. The van der Waals surface area contributed by atoms with Gasteiger partial charge in [-0.25, -0.2) is 0 Å². The van der Waals surface area contributed by atoms with Crippen LogP contribution in [0.25, 0.3) is 0 Å². The summed E-state index contributed by atoms with van der Waals surface area (Å²) in [7, 11) is 0. The van der Waals surface area contributed by atoms with E-state index in [9.17, 15) is 20.4 Å². The smallest absolute Gasteiger partial charge is 0.0776 e. The Balaban J connectivity index is 5.49. The van der Waals surface area contributed by atoms with Crippen LogP contribution in [0.4, 0.5) is 0 Å². The molecule has 0 aliphatic heterocycles. The molecule has 0 aromatic heterocycles. The maximum atomic E-state index is 9.85. The van der Waals surface area contributed by atoms with Crippen LogP contribution in [-0.2, 0) is 0 Å². The van der Waals surface area contributed by atoms with Crippen LogP contribution in [0, 0.1) is 11.3 Å². The molecule has 0 spiro atoms. The average Bonchev–Trinajstić information content (AvgIpc) is 2.53. The van der Waals surface area contributed by atoms with E-state index in [0.717, 1.165) is 0 Å². The molecule has 5 atom stereocenters. The predicted octanol–water partition coefficient (Wildman–Crippen LogP) is -2.42. The Hall–Kier alpha value is -0.320. The molecule has 0 saturated heterocycles. The van der Waals surface area contributed by atoms with Crippen LogP contribution in [0.5, 0.6) is 0 Å². The fraction of sp³-hybridized carbons (Fsp3) is 1.00. The second-order valence-electron chi connectivity index (χ2n) is 6.46. The summed E-state index contributed by atoms with van der Waals surface area (Å²) >= 11 is 0. The van der Waals surface area contributed by atoms with Crippen molar-refractivity contribution in [2.75, 3.05) is 26.4 Å². The normalized spacial score (nSPS) is 21.3. The first-order valence-electron chi connectivity index (χ1n) is 7.90. The lowest BCUT2D eigenvalue weighted by Gasteiger charge is -2.43. The van der Waals surface area contributed by atoms with E-state index in [0.29, 0.717) is 0 Å². The molecule has 8 N–H and O–H groups in total. The molecule has 5 unspecified atom stereocenters. The first-order chi connectivity index (χ1) is 10.7. The highest BCUT2D eigenvalue weighted by atomic mass is 16.3. The van der Waals surface area contributed by atoms with Crippen molar-refractivity contribution in [3.8, 4) is 0 Å². The highest BCUT2D eigenvalue weighted by molar-refractivity contribution is 4.91. The molecular weight excluding hydrogens is 308 g/mol. The third-order valence-electron chi connectivity index (χ3n) is 4.44. The van der Waals surface area contributed by atoms with Gasteiger partial charge in [0.05, 0.1) is 50.8 Å². The minimum Gasteiger partial charge on any atom is -0.394 e. The summed E-state index contributed by atoms with van der Waals surface area (Å²) in [4.78, 5) is 0. The maximum Gasteiger partial charge on any atom is 0.0776 e. The van der Waals surface area contributed by atoms with Crippen molar-refractivity contribution in [2.24, 2.45) is 11.3 Å². The zero-order valence-electron chi connectivity index (χ0n) is 13.6. The second kappa shape index (κ2) is 11.3. The lowest BCUT2D eigenvalue weighted by molar-refractivity contribution is -0.0631. The second-order valence-corrected chi connectivity index (χ2v) is 6.46. The third-order valence-corrected chi connectivity index (χ3v) is 4.44. The van der Waals surface area contributed by atoms with Gasteiger partial charge in [0.15, 0.2) is 0 Å². The number of rotatable bonds is 13. The number of hydrogen-bond acceptors (Lipinski definition) is 8. The van der Waals surface area contributed by atoms with Gasteiger partial charge in [-0.1, -0.05) is 6.92 Å². The van der Waals surface area contributed by atoms with E-state index in [4.69, 9.17) is 20.4 Å². The Morgan fingerprint density at radius 2 is 0.913 bits per heavy atom. The fourth-order valence-electron chi connectivity index (χ4n) is 3.19. The van der Waals surface area contributed by atoms with E-state index in [1.54, 1.807) is 6.92 Å². The van der Waals surface area contributed by atoms with E-state index in [1.165, 1.54) is 0 Å². The van der Waals surface area contributed by atoms with E-state index in [-0.39, 0.29) is 31.6 Å². The van der Waals surface area contributed by atoms with Gasteiger partial charge in [-0.15, -0.1) is 0 Å². The van der Waals surface area contributed by atoms with E-state index < -0.39 is 56.3 Å². The number of aliphatic hydroxyl groups is 8. The zero-order valence-corrected chi connectivity index (χ0v) is 13.6. The summed E-state index contributed by atoms with van der Waals surface area (Å²) in [5.41, 5.74) is -0.942. The number of aliphatic hydroxyl groups excluding tert-OH is 8. The molecule has 0 aromatic rings. The Labute approximate surface area is 136 Å². The van der Waals surface area contributed by atoms with Crippen molar-refractivity contribution in [2.45, 2.75) is 57.0 Å². The van der Waals surface area contributed by atoms with Gasteiger partial charge in [-0.2, -0.15) is 0 Å². The van der Waals surface area contributed by atoms with Gasteiger partial charge in [-0.05, 0) is 37.0 Å². The maximum absolute atomic E-state index is 9.85. The summed E-state index contributed by atoms with van der Waals surface area (Å²) in [6.45, 7) is -0.254. The van der Waals surface area contributed by atoms with Gasteiger partial charge >= 0.3 is 0 Å². The van der Waals surface area contributed by atoms with Crippen molar-refractivity contribution in [1.82, 2.24) is 0 Å². The Kier molecular flexibility index (Phi) is 11.1. The molecule has 8 heteroatoms. The minimum absolute atomic E-state index is 0.0108. The van der Waals surface area contributed by atoms with Crippen LogP contribution in [0.15, 0.2) is 0 Å². The van der Waals surface area contributed by atoms with Gasteiger partial charge < -0.3 is 40.9 Å². The zero-order chi connectivity index (χ0) is 18.0. The molecule has 0 aromatic carbocycles. The van der Waals surface area contributed by atoms with Gasteiger partial charge in [0, 0.05) is 0 Å². The van der Waals surface area contributed by atoms with Gasteiger partial charge in [0.1, 0.15) is 0 Å². The van der Waals surface area contributed by atoms with Gasteiger partial charge in [0.25, 0.3) is 0 Å². The van der Waals surface area contributed by atoms with Crippen LogP contribution >= 0.6 is 0 Å². The quantitative estimate of drug-likeness (QED) is 0.184. The minimum atomic E-state index is -1.11. The molecule has 140 valence electrons. The van der Waals surface area contributed by atoms with E-state index in [1.807, 2.05) is 0 Å². The largest absolute Gasteiger partial charge is 0.394 e. The molecule has 0 aliphatic rings. The molecule has 0 bridgehead atoms. The molecule has 8 nitrogen and oxygen atoms in total. The van der Waals surface area contributed by atoms with E-state index >= 15 is 0 Å². The van der Waals surface area contributed by atoms with Crippen molar-refractivity contribution >= 4 is 0 Å². The summed E-state index contributed by atoms with van der Waals surface area (Å²) in [6.07, 6.45) is -4.16. The Bertz CT molecular complexity index is 270. The summed E-state index contributed by atoms with van der Waals surface area (Å²) in [5.74, 6) is -0.367. The standard InChI is InChI=1S/C15H32O8/c1-10(2-11(20)6-16)15(3-12(21)7-17,4-13(22)8-18)5-14(23)9-19/h10-14,16-23H,2-9H2,1H3. The molecule has 0 saturated carbocycles. The molecule has 0 aliphatic carbocycles. The lowest BCUT2D eigenvalue weighted by Crippen LogP contribution is -2.42. The first-order valence-corrected chi connectivity index (χ1v) is 7.90. The Morgan fingerprint density at radius 3 is 1.17 bits per heavy atom. The SMILES string of the molecule is CC(CC(O)CO)C(CC(O)CO)(CC(O)CO)CC(O)CO. The molecule has 0 amide bonds. The summed E-state index contributed by atoms with van der Waals surface area (Å²) in [6, 6.07) is 0. The molecular formula is C15H32O8. The van der Waals surface area contributed by atoms with Crippen molar-refractivity contribution in [3.05, 3.63) is 0 Å². The van der Waals surface area contributed by atoms with Crippen molar-refractivity contribution in [3.63, 3.8) is 0 Å². The lowest BCUT2D eigenvalue weighted by atomic mass is 9.64. The van der Waals surface area contributed by atoms with Crippen LogP contribution < -0.4 is 0 Å². The van der Waals surface area contributed by atoms with Crippen LogP contribution in [0.2, 0.25) is 0 Å². The van der Waals surface area contributed by atoms with Crippen molar-refractivity contribution in [1.29, 1.82) is 0 Å². The Morgan fingerprint density at radius 1 is 0.609 bits per heavy atom.